The molecule has 1 unspecified atom stereocenters. The van der Waals surface area contributed by atoms with Crippen LogP contribution in [0.5, 0.6) is 0 Å². The van der Waals surface area contributed by atoms with E-state index < -0.39 is 0 Å². The minimum absolute atomic E-state index is 0.198. The summed E-state index contributed by atoms with van der Waals surface area (Å²) < 4.78 is 4.57. The number of aromatic nitrogens is 1. The smallest absolute Gasteiger partial charge is 0.106 e. The zero-order valence-corrected chi connectivity index (χ0v) is 12.9. The van der Waals surface area contributed by atoms with Gasteiger partial charge in [0.15, 0.2) is 0 Å². The Hall–Kier alpha value is -0.320. The van der Waals surface area contributed by atoms with E-state index in [-0.39, 0.29) is 10.8 Å². The monoisotopic (exact) mass is 314 g/mol. The fourth-order valence-corrected chi connectivity index (χ4v) is 2.41. The fraction of sp³-hybridized carbons (Fsp3) is 0.462. The van der Waals surface area contributed by atoms with Gasteiger partial charge in [-0.15, -0.1) is 6.58 Å². The van der Waals surface area contributed by atoms with Crippen LogP contribution in [0.15, 0.2) is 35.6 Å². The maximum absolute atomic E-state index is 4.15. The van der Waals surface area contributed by atoms with E-state index in [0.29, 0.717) is 0 Å². The average molecular weight is 315 g/mol. The number of nitrogens with zero attached hydrogens (tertiary/aromatic N) is 1. The molecule has 1 N–H and O–H groups in total. The lowest BCUT2D eigenvalue weighted by Gasteiger charge is -2.23. The molecule has 0 aliphatic rings. The van der Waals surface area contributed by atoms with Crippen LogP contribution in [0.2, 0.25) is 0 Å². The fourth-order valence-electron chi connectivity index (χ4n) is 1.30. The summed E-state index contributed by atoms with van der Waals surface area (Å²) in [4.78, 5) is 4.15. The number of nitrogens with one attached hydrogen (secondary N) is 1. The number of hydrogen-bond acceptors (Lipinski definition) is 3. The van der Waals surface area contributed by atoms with Gasteiger partial charge in [-0.2, -0.15) is 0 Å². The van der Waals surface area contributed by atoms with Crippen molar-refractivity contribution in [2.24, 2.45) is 0 Å². The zero-order valence-electron chi connectivity index (χ0n) is 10.5. The van der Waals surface area contributed by atoms with Crippen LogP contribution < -0.4 is 4.72 Å². The van der Waals surface area contributed by atoms with Crippen molar-refractivity contribution in [3.63, 3.8) is 0 Å². The van der Waals surface area contributed by atoms with Crippen molar-refractivity contribution in [2.45, 2.75) is 38.0 Å². The van der Waals surface area contributed by atoms with Crippen molar-refractivity contribution in [3.05, 3.63) is 41.2 Å². The van der Waals surface area contributed by atoms with E-state index in [9.17, 15) is 0 Å². The van der Waals surface area contributed by atoms with Crippen LogP contribution in [0.3, 0.4) is 0 Å². The van der Waals surface area contributed by atoms with Gasteiger partial charge in [-0.25, -0.2) is 4.98 Å². The molecule has 0 amide bonds. The SMILES string of the molecule is C=CCC(NSC(C)(C)C)c1ccnc(Br)c1. The first-order valence-corrected chi connectivity index (χ1v) is 7.19. The highest BCUT2D eigenvalue weighted by Gasteiger charge is 2.16. The van der Waals surface area contributed by atoms with E-state index >= 15 is 0 Å². The van der Waals surface area contributed by atoms with E-state index in [0.717, 1.165) is 11.0 Å². The Kier molecular flexibility index (Phi) is 5.70. The number of halogens is 1. The highest BCUT2D eigenvalue weighted by molar-refractivity contribution is 9.10. The minimum Gasteiger partial charge on any atom is -0.256 e. The summed E-state index contributed by atoms with van der Waals surface area (Å²) in [6.07, 6.45) is 4.66. The molecule has 1 aromatic heterocycles. The van der Waals surface area contributed by atoms with Gasteiger partial charge in [-0.05, 0) is 60.8 Å². The Bertz CT molecular complexity index is 374. The molecule has 0 saturated carbocycles. The van der Waals surface area contributed by atoms with Crippen LogP contribution in [0.25, 0.3) is 0 Å². The van der Waals surface area contributed by atoms with E-state index in [1.54, 1.807) is 11.9 Å². The zero-order chi connectivity index (χ0) is 12.9. The van der Waals surface area contributed by atoms with Gasteiger partial charge >= 0.3 is 0 Å². The van der Waals surface area contributed by atoms with Gasteiger partial charge in [-0.1, -0.05) is 18.0 Å². The molecule has 0 fully saturated rings. The lowest BCUT2D eigenvalue weighted by atomic mass is 10.1. The van der Waals surface area contributed by atoms with Crippen LogP contribution >= 0.6 is 27.9 Å². The van der Waals surface area contributed by atoms with Crippen LogP contribution in [-0.4, -0.2) is 9.73 Å². The molecule has 0 bridgehead atoms. The predicted molar refractivity (Wildman–Crippen MR) is 80.0 cm³/mol. The second kappa shape index (κ2) is 6.57. The van der Waals surface area contributed by atoms with Gasteiger partial charge < -0.3 is 0 Å². The molecule has 0 aromatic carbocycles. The van der Waals surface area contributed by atoms with Crippen molar-refractivity contribution in [1.29, 1.82) is 0 Å². The quantitative estimate of drug-likeness (QED) is 0.492. The number of pyridine rings is 1. The molecule has 0 saturated heterocycles. The van der Waals surface area contributed by atoms with Crippen molar-refractivity contribution in [1.82, 2.24) is 9.71 Å². The first-order valence-electron chi connectivity index (χ1n) is 5.58. The van der Waals surface area contributed by atoms with Crippen molar-refractivity contribution in [3.8, 4) is 0 Å². The highest BCUT2D eigenvalue weighted by Crippen LogP contribution is 2.27. The maximum Gasteiger partial charge on any atom is 0.106 e. The molecule has 94 valence electrons. The summed E-state index contributed by atoms with van der Waals surface area (Å²) in [5, 5.41) is 0. The predicted octanol–water partition coefficient (Wildman–Crippen LogP) is 4.50. The molecule has 0 aliphatic heterocycles. The van der Waals surface area contributed by atoms with Crippen LogP contribution in [0, 0.1) is 0 Å². The normalized spacial score (nSPS) is 13.4. The largest absolute Gasteiger partial charge is 0.256 e. The summed E-state index contributed by atoms with van der Waals surface area (Å²) in [7, 11) is 0. The van der Waals surface area contributed by atoms with E-state index in [4.69, 9.17) is 0 Å². The molecule has 1 aromatic rings. The molecule has 1 heterocycles. The third-order valence-corrected chi connectivity index (χ3v) is 3.51. The third-order valence-electron chi connectivity index (χ3n) is 2.06. The first kappa shape index (κ1) is 14.7. The summed E-state index contributed by atoms with van der Waals surface area (Å²) in [6, 6.07) is 4.36. The number of rotatable bonds is 5. The van der Waals surface area contributed by atoms with E-state index in [1.165, 1.54) is 5.56 Å². The van der Waals surface area contributed by atoms with Crippen molar-refractivity contribution in [2.75, 3.05) is 0 Å². The lowest BCUT2D eigenvalue weighted by Crippen LogP contribution is -2.21. The Morgan fingerprint density at radius 2 is 2.29 bits per heavy atom. The lowest BCUT2D eigenvalue weighted by molar-refractivity contribution is 0.672. The van der Waals surface area contributed by atoms with Gasteiger partial charge in [0.2, 0.25) is 0 Å². The second-order valence-electron chi connectivity index (χ2n) is 4.82. The maximum atomic E-state index is 4.15. The van der Waals surface area contributed by atoms with Crippen LogP contribution in [0.4, 0.5) is 0 Å². The van der Waals surface area contributed by atoms with Gasteiger partial charge in [0.05, 0.1) is 0 Å². The Morgan fingerprint density at radius 1 is 1.59 bits per heavy atom. The number of hydrogen-bond donors (Lipinski definition) is 1. The minimum atomic E-state index is 0.198. The topological polar surface area (TPSA) is 24.9 Å². The van der Waals surface area contributed by atoms with E-state index in [1.807, 2.05) is 24.4 Å². The summed E-state index contributed by atoms with van der Waals surface area (Å²) in [5.74, 6) is 0. The molecule has 1 rings (SSSR count). The molecule has 17 heavy (non-hydrogen) atoms. The Labute approximate surface area is 117 Å². The van der Waals surface area contributed by atoms with Gasteiger partial charge in [-0.3, -0.25) is 4.72 Å². The van der Waals surface area contributed by atoms with Crippen LogP contribution in [0.1, 0.15) is 38.8 Å². The van der Waals surface area contributed by atoms with Gasteiger partial charge in [0.1, 0.15) is 4.60 Å². The molecular weight excluding hydrogens is 296 g/mol. The van der Waals surface area contributed by atoms with Crippen molar-refractivity contribution < 1.29 is 0 Å². The molecule has 4 heteroatoms. The average Bonchev–Trinajstić information content (AvgIpc) is 2.23. The van der Waals surface area contributed by atoms with E-state index in [2.05, 4.69) is 53.0 Å². The Morgan fingerprint density at radius 3 is 2.82 bits per heavy atom. The third kappa shape index (κ3) is 5.70. The molecule has 0 spiro atoms. The highest BCUT2D eigenvalue weighted by atomic mass is 79.9. The second-order valence-corrected chi connectivity index (χ2v) is 7.30. The Balaban J connectivity index is 2.75. The van der Waals surface area contributed by atoms with Crippen LogP contribution in [-0.2, 0) is 0 Å². The first-order chi connectivity index (χ1) is 7.92. The van der Waals surface area contributed by atoms with Crippen molar-refractivity contribution >= 4 is 27.9 Å². The van der Waals surface area contributed by atoms with Gasteiger partial charge in [0.25, 0.3) is 0 Å². The molecule has 1 atom stereocenters. The summed E-state index contributed by atoms with van der Waals surface area (Å²) in [5.41, 5.74) is 1.23. The molecule has 2 nitrogen and oxygen atoms in total. The standard InChI is InChI=1S/C13H19BrN2S/c1-5-6-11(16-17-13(2,3)4)10-7-8-15-12(14)9-10/h5,7-9,11,16H,1,6H2,2-4H3. The summed E-state index contributed by atoms with van der Waals surface area (Å²) in [6.45, 7) is 10.4. The molecular formula is C13H19BrN2S. The molecule has 0 radical (unpaired) electrons. The summed E-state index contributed by atoms with van der Waals surface area (Å²) >= 11 is 5.15. The molecule has 0 aliphatic carbocycles. The van der Waals surface area contributed by atoms with Gasteiger partial charge in [0, 0.05) is 17.0 Å².